The smallest absolute Gasteiger partial charge is 0.128 e. The van der Waals surface area contributed by atoms with Gasteiger partial charge in [-0.25, -0.2) is 0 Å². The molecule has 0 unspecified atom stereocenters. The third kappa shape index (κ3) is 7.34. The lowest BCUT2D eigenvalue weighted by Crippen LogP contribution is -1.83. The number of hydrogen-bond acceptors (Lipinski definition) is 2. The molecular formula is C7H14N2. The van der Waals surface area contributed by atoms with Gasteiger partial charge in [-0.15, -0.1) is 0 Å². The van der Waals surface area contributed by atoms with E-state index in [-0.39, 0.29) is 0 Å². The van der Waals surface area contributed by atoms with Crippen LogP contribution in [0, 0.1) is 0 Å². The summed E-state index contributed by atoms with van der Waals surface area (Å²) in [7, 11) is 0. The molecule has 0 aliphatic heterocycles. The lowest BCUT2D eigenvalue weighted by atomic mass is 10.5. The first-order valence-corrected chi connectivity index (χ1v) is 3.23. The van der Waals surface area contributed by atoms with E-state index in [1.54, 1.807) is 0 Å². The SMILES string of the molecule is CCC=NCN=C(C)C. The van der Waals surface area contributed by atoms with Crippen molar-refractivity contribution in [2.24, 2.45) is 9.98 Å². The number of hydrogen-bond donors (Lipinski definition) is 0. The third-order valence-corrected chi connectivity index (χ3v) is 0.780. The molecule has 0 N–H and O–H groups in total. The highest BCUT2D eigenvalue weighted by molar-refractivity contribution is 5.79. The molecule has 0 aliphatic carbocycles. The second-order valence-corrected chi connectivity index (χ2v) is 2.02. The zero-order valence-electron chi connectivity index (χ0n) is 6.39. The van der Waals surface area contributed by atoms with Crippen LogP contribution in [0.1, 0.15) is 27.2 Å². The van der Waals surface area contributed by atoms with Crippen molar-refractivity contribution >= 4 is 11.9 Å². The summed E-state index contributed by atoms with van der Waals surface area (Å²) in [6, 6.07) is 0. The molecule has 0 radical (unpaired) electrons. The van der Waals surface area contributed by atoms with E-state index < -0.39 is 0 Å². The van der Waals surface area contributed by atoms with E-state index in [2.05, 4.69) is 16.9 Å². The molecule has 0 atom stereocenters. The molecule has 0 aromatic heterocycles. The van der Waals surface area contributed by atoms with Crippen LogP contribution in [0.4, 0.5) is 0 Å². The van der Waals surface area contributed by atoms with Gasteiger partial charge in [-0.1, -0.05) is 6.92 Å². The Balaban J connectivity index is 3.29. The highest BCUT2D eigenvalue weighted by atomic mass is 14.9. The van der Waals surface area contributed by atoms with Gasteiger partial charge in [0.1, 0.15) is 6.67 Å². The lowest BCUT2D eigenvalue weighted by Gasteiger charge is -1.85. The molecule has 2 nitrogen and oxygen atoms in total. The minimum absolute atomic E-state index is 0.593. The minimum atomic E-state index is 0.593. The van der Waals surface area contributed by atoms with Gasteiger partial charge in [0.2, 0.25) is 0 Å². The van der Waals surface area contributed by atoms with Gasteiger partial charge in [0.15, 0.2) is 0 Å². The Bertz CT molecular complexity index is 110. The predicted molar refractivity (Wildman–Crippen MR) is 42.4 cm³/mol. The number of aliphatic imine (C=N–C) groups is 2. The molecule has 0 saturated carbocycles. The maximum absolute atomic E-state index is 4.08. The van der Waals surface area contributed by atoms with Gasteiger partial charge in [-0.2, -0.15) is 0 Å². The summed E-state index contributed by atoms with van der Waals surface area (Å²) in [5.41, 5.74) is 1.09. The van der Waals surface area contributed by atoms with E-state index in [1.807, 2.05) is 20.1 Å². The molecule has 2 heteroatoms. The Labute approximate surface area is 56.7 Å². The molecule has 0 saturated heterocycles. The zero-order chi connectivity index (χ0) is 7.11. The molecule has 0 aromatic carbocycles. The van der Waals surface area contributed by atoms with Crippen molar-refractivity contribution < 1.29 is 0 Å². The monoisotopic (exact) mass is 126 g/mol. The van der Waals surface area contributed by atoms with Gasteiger partial charge in [-0.3, -0.25) is 9.98 Å². The molecule has 0 amide bonds. The van der Waals surface area contributed by atoms with Crippen molar-refractivity contribution in [2.45, 2.75) is 27.2 Å². The molecule has 0 heterocycles. The minimum Gasteiger partial charge on any atom is -0.274 e. The summed E-state index contributed by atoms with van der Waals surface area (Å²) < 4.78 is 0. The Morgan fingerprint density at radius 1 is 1.44 bits per heavy atom. The van der Waals surface area contributed by atoms with Crippen molar-refractivity contribution in [3.8, 4) is 0 Å². The first-order valence-electron chi connectivity index (χ1n) is 3.23. The fourth-order valence-electron chi connectivity index (χ4n) is 0.369. The van der Waals surface area contributed by atoms with Crippen LogP contribution in [0.15, 0.2) is 9.98 Å². The topological polar surface area (TPSA) is 24.7 Å². The van der Waals surface area contributed by atoms with Crippen LogP contribution in [-0.2, 0) is 0 Å². The van der Waals surface area contributed by atoms with Crippen LogP contribution in [0.25, 0.3) is 0 Å². The van der Waals surface area contributed by atoms with E-state index in [4.69, 9.17) is 0 Å². The molecule has 0 fully saturated rings. The molecule has 0 spiro atoms. The van der Waals surface area contributed by atoms with E-state index in [1.165, 1.54) is 0 Å². The van der Waals surface area contributed by atoms with Crippen LogP contribution < -0.4 is 0 Å². The van der Waals surface area contributed by atoms with Crippen LogP contribution in [0.3, 0.4) is 0 Å². The molecule has 52 valence electrons. The average Bonchev–Trinajstić information content (AvgIpc) is 1.80. The Morgan fingerprint density at radius 2 is 2.11 bits per heavy atom. The average molecular weight is 126 g/mol. The van der Waals surface area contributed by atoms with Crippen LogP contribution in [0.2, 0.25) is 0 Å². The van der Waals surface area contributed by atoms with Gasteiger partial charge >= 0.3 is 0 Å². The number of rotatable bonds is 3. The Kier molecular flexibility index (Phi) is 5.07. The summed E-state index contributed by atoms with van der Waals surface area (Å²) in [6.45, 7) is 6.60. The molecule has 9 heavy (non-hydrogen) atoms. The summed E-state index contributed by atoms with van der Waals surface area (Å²) in [6.07, 6.45) is 2.88. The Morgan fingerprint density at radius 3 is 2.56 bits per heavy atom. The second kappa shape index (κ2) is 5.48. The Hall–Kier alpha value is -0.660. The van der Waals surface area contributed by atoms with E-state index in [9.17, 15) is 0 Å². The van der Waals surface area contributed by atoms with Gasteiger partial charge < -0.3 is 0 Å². The lowest BCUT2D eigenvalue weighted by molar-refractivity contribution is 1.06. The molecule has 0 bridgehead atoms. The maximum Gasteiger partial charge on any atom is 0.128 e. The summed E-state index contributed by atoms with van der Waals surface area (Å²) in [4.78, 5) is 8.10. The maximum atomic E-state index is 4.08. The van der Waals surface area contributed by atoms with Crippen molar-refractivity contribution in [1.29, 1.82) is 0 Å². The standard InChI is InChI=1S/C7H14N2/c1-4-5-8-6-9-7(2)3/h5H,4,6H2,1-3H3. The van der Waals surface area contributed by atoms with E-state index in [0.29, 0.717) is 6.67 Å². The van der Waals surface area contributed by atoms with E-state index >= 15 is 0 Å². The fraction of sp³-hybridized carbons (Fsp3) is 0.714. The van der Waals surface area contributed by atoms with Crippen LogP contribution >= 0.6 is 0 Å². The van der Waals surface area contributed by atoms with Crippen molar-refractivity contribution in [3.63, 3.8) is 0 Å². The second-order valence-electron chi connectivity index (χ2n) is 2.02. The first kappa shape index (κ1) is 8.34. The van der Waals surface area contributed by atoms with Crippen molar-refractivity contribution in [3.05, 3.63) is 0 Å². The van der Waals surface area contributed by atoms with Crippen molar-refractivity contribution in [1.82, 2.24) is 0 Å². The first-order chi connectivity index (χ1) is 4.27. The highest BCUT2D eigenvalue weighted by Gasteiger charge is 1.73. The van der Waals surface area contributed by atoms with E-state index in [0.717, 1.165) is 12.1 Å². The quantitative estimate of drug-likeness (QED) is 0.516. The largest absolute Gasteiger partial charge is 0.274 e. The van der Waals surface area contributed by atoms with Crippen molar-refractivity contribution in [2.75, 3.05) is 6.67 Å². The van der Waals surface area contributed by atoms with Gasteiger partial charge in [0.05, 0.1) is 0 Å². The fourth-order valence-corrected chi connectivity index (χ4v) is 0.369. The molecule has 0 aliphatic rings. The summed E-state index contributed by atoms with van der Waals surface area (Å²) in [5.74, 6) is 0. The number of nitrogens with zero attached hydrogens (tertiary/aromatic N) is 2. The highest BCUT2D eigenvalue weighted by Crippen LogP contribution is 1.77. The van der Waals surface area contributed by atoms with Gasteiger partial charge in [-0.05, 0) is 20.3 Å². The predicted octanol–water partition coefficient (Wildman–Crippen LogP) is 1.91. The normalized spacial score (nSPS) is 10.1. The summed E-state index contributed by atoms with van der Waals surface area (Å²) >= 11 is 0. The molecular weight excluding hydrogens is 112 g/mol. The van der Waals surface area contributed by atoms with Gasteiger partial charge in [0.25, 0.3) is 0 Å². The summed E-state index contributed by atoms with van der Waals surface area (Å²) in [5, 5.41) is 0. The zero-order valence-corrected chi connectivity index (χ0v) is 6.39. The van der Waals surface area contributed by atoms with Crippen LogP contribution in [-0.4, -0.2) is 18.6 Å². The van der Waals surface area contributed by atoms with Gasteiger partial charge in [0, 0.05) is 11.9 Å². The van der Waals surface area contributed by atoms with Crippen LogP contribution in [0.5, 0.6) is 0 Å². The molecule has 0 rings (SSSR count). The third-order valence-electron chi connectivity index (χ3n) is 0.780. The molecule has 0 aromatic rings.